The summed E-state index contributed by atoms with van der Waals surface area (Å²) in [6.07, 6.45) is 7.55. The van der Waals surface area contributed by atoms with Crippen molar-refractivity contribution in [3.8, 4) is 0 Å². The number of hydrogen-bond acceptors (Lipinski definition) is 3. The minimum atomic E-state index is -0.592. The summed E-state index contributed by atoms with van der Waals surface area (Å²) in [5.41, 5.74) is -0.592. The molecular formula is C17H31N3O. The Morgan fingerprint density at radius 1 is 1.29 bits per heavy atom. The fraction of sp³-hybridized carbons (Fsp3) is 0.882. The lowest BCUT2D eigenvalue weighted by Gasteiger charge is -2.27. The Labute approximate surface area is 129 Å². The standard InChI is InChI=1S/C17H31N3O/c1-13(2)11-20-16(18-12-19-20)10-17(21)8-5-6-15(7-9-17)14(3)4/h12-15,21H,5-11H2,1-4H3. The summed E-state index contributed by atoms with van der Waals surface area (Å²) in [6, 6.07) is 0. The zero-order valence-electron chi connectivity index (χ0n) is 14.0. The van der Waals surface area contributed by atoms with Crippen LogP contribution in [0.4, 0.5) is 0 Å². The first-order valence-corrected chi connectivity index (χ1v) is 8.49. The van der Waals surface area contributed by atoms with Crippen molar-refractivity contribution in [3.63, 3.8) is 0 Å². The molecule has 1 heterocycles. The topological polar surface area (TPSA) is 50.9 Å². The molecule has 1 N–H and O–H groups in total. The van der Waals surface area contributed by atoms with Gasteiger partial charge in [0.15, 0.2) is 0 Å². The molecule has 120 valence electrons. The SMILES string of the molecule is CC(C)Cn1ncnc1CC1(O)CCCC(C(C)C)CC1. The molecule has 2 unspecified atom stereocenters. The van der Waals surface area contributed by atoms with Crippen LogP contribution in [0.25, 0.3) is 0 Å². The molecule has 0 radical (unpaired) electrons. The van der Waals surface area contributed by atoms with Crippen molar-refractivity contribution in [2.24, 2.45) is 17.8 Å². The van der Waals surface area contributed by atoms with Crippen LogP contribution >= 0.6 is 0 Å². The quantitative estimate of drug-likeness (QED) is 0.846. The lowest BCUT2D eigenvalue weighted by Crippen LogP contribution is -2.32. The Bertz CT molecular complexity index is 441. The predicted octanol–water partition coefficient (Wildman–Crippen LogP) is 3.44. The maximum absolute atomic E-state index is 11.0. The first-order valence-electron chi connectivity index (χ1n) is 8.49. The summed E-state index contributed by atoms with van der Waals surface area (Å²) in [7, 11) is 0. The predicted molar refractivity (Wildman–Crippen MR) is 84.9 cm³/mol. The lowest BCUT2D eigenvalue weighted by molar-refractivity contribution is 0.0207. The Morgan fingerprint density at radius 2 is 2.05 bits per heavy atom. The highest BCUT2D eigenvalue weighted by atomic mass is 16.3. The van der Waals surface area contributed by atoms with Gasteiger partial charge in [-0.3, -0.25) is 0 Å². The fourth-order valence-corrected chi connectivity index (χ4v) is 3.48. The fourth-order valence-electron chi connectivity index (χ4n) is 3.48. The van der Waals surface area contributed by atoms with Crippen molar-refractivity contribution < 1.29 is 5.11 Å². The van der Waals surface area contributed by atoms with Crippen molar-refractivity contribution in [2.45, 2.75) is 78.4 Å². The molecule has 2 atom stereocenters. The van der Waals surface area contributed by atoms with Gasteiger partial charge in [0, 0.05) is 13.0 Å². The van der Waals surface area contributed by atoms with Crippen molar-refractivity contribution in [2.75, 3.05) is 0 Å². The number of nitrogens with zero attached hydrogens (tertiary/aromatic N) is 3. The van der Waals surface area contributed by atoms with E-state index in [1.165, 1.54) is 6.42 Å². The summed E-state index contributed by atoms with van der Waals surface area (Å²) in [6.45, 7) is 9.83. The molecule has 1 aromatic heterocycles. The van der Waals surface area contributed by atoms with Gasteiger partial charge >= 0.3 is 0 Å². The normalized spacial score (nSPS) is 27.3. The smallest absolute Gasteiger partial charge is 0.138 e. The van der Waals surface area contributed by atoms with Gasteiger partial charge in [-0.25, -0.2) is 9.67 Å². The molecule has 1 aliphatic rings. The molecule has 0 bridgehead atoms. The van der Waals surface area contributed by atoms with E-state index in [-0.39, 0.29) is 0 Å². The van der Waals surface area contributed by atoms with Crippen molar-refractivity contribution in [3.05, 3.63) is 12.2 Å². The van der Waals surface area contributed by atoms with E-state index >= 15 is 0 Å². The van der Waals surface area contributed by atoms with E-state index in [1.54, 1.807) is 6.33 Å². The molecular weight excluding hydrogens is 262 g/mol. The van der Waals surface area contributed by atoms with E-state index in [0.29, 0.717) is 12.3 Å². The minimum absolute atomic E-state index is 0.541. The molecule has 0 aliphatic heterocycles. The molecule has 4 heteroatoms. The zero-order chi connectivity index (χ0) is 15.5. The number of aromatic nitrogens is 3. The van der Waals surface area contributed by atoms with Crippen LogP contribution in [0, 0.1) is 17.8 Å². The average molecular weight is 293 g/mol. The number of hydrogen-bond donors (Lipinski definition) is 1. The van der Waals surface area contributed by atoms with Crippen LogP contribution < -0.4 is 0 Å². The van der Waals surface area contributed by atoms with Crippen LogP contribution in [-0.2, 0) is 13.0 Å². The first kappa shape index (κ1) is 16.5. The van der Waals surface area contributed by atoms with E-state index in [2.05, 4.69) is 37.8 Å². The molecule has 21 heavy (non-hydrogen) atoms. The molecule has 4 nitrogen and oxygen atoms in total. The molecule has 0 aromatic carbocycles. The summed E-state index contributed by atoms with van der Waals surface area (Å²) in [5, 5.41) is 15.3. The first-order chi connectivity index (χ1) is 9.89. The maximum Gasteiger partial charge on any atom is 0.138 e. The van der Waals surface area contributed by atoms with Crippen molar-refractivity contribution in [1.29, 1.82) is 0 Å². The van der Waals surface area contributed by atoms with Gasteiger partial charge in [0.1, 0.15) is 12.2 Å². The molecule has 1 fully saturated rings. The van der Waals surface area contributed by atoms with Gasteiger partial charge in [-0.05, 0) is 37.0 Å². The van der Waals surface area contributed by atoms with Crippen LogP contribution in [0.15, 0.2) is 6.33 Å². The largest absolute Gasteiger partial charge is 0.389 e. The molecule has 0 amide bonds. The molecule has 1 aromatic rings. The van der Waals surface area contributed by atoms with E-state index in [9.17, 15) is 5.11 Å². The Hall–Kier alpha value is -0.900. The van der Waals surface area contributed by atoms with Gasteiger partial charge in [-0.15, -0.1) is 0 Å². The zero-order valence-corrected chi connectivity index (χ0v) is 14.0. The maximum atomic E-state index is 11.0. The van der Waals surface area contributed by atoms with Gasteiger partial charge in [0.2, 0.25) is 0 Å². The van der Waals surface area contributed by atoms with Crippen LogP contribution in [0.3, 0.4) is 0 Å². The highest BCUT2D eigenvalue weighted by Crippen LogP contribution is 2.35. The molecule has 0 spiro atoms. The average Bonchev–Trinajstić information content (AvgIpc) is 2.69. The van der Waals surface area contributed by atoms with Crippen LogP contribution in [0.1, 0.15) is 65.6 Å². The second-order valence-electron chi connectivity index (χ2n) is 7.59. The molecule has 0 saturated heterocycles. The van der Waals surface area contributed by atoms with Crippen molar-refractivity contribution in [1.82, 2.24) is 14.8 Å². The molecule has 2 rings (SSSR count). The highest BCUT2D eigenvalue weighted by Gasteiger charge is 2.33. The van der Waals surface area contributed by atoms with Gasteiger partial charge < -0.3 is 5.11 Å². The summed E-state index contributed by atoms with van der Waals surface area (Å²) >= 11 is 0. The van der Waals surface area contributed by atoms with E-state index < -0.39 is 5.60 Å². The van der Waals surface area contributed by atoms with E-state index in [1.807, 2.05) is 4.68 Å². The van der Waals surface area contributed by atoms with Crippen LogP contribution in [0.2, 0.25) is 0 Å². The third kappa shape index (κ3) is 4.53. The van der Waals surface area contributed by atoms with Gasteiger partial charge in [0.05, 0.1) is 5.60 Å². The Kier molecular flexibility index (Phi) is 5.42. The monoisotopic (exact) mass is 293 g/mol. The summed E-state index contributed by atoms with van der Waals surface area (Å²) in [4.78, 5) is 4.39. The summed E-state index contributed by atoms with van der Waals surface area (Å²) in [5.74, 6) is 2.96. The van der Waals surface area contributed by atoms with Crippen molar-refractivity contribution >= 4 is 0 Å². The van der Waals surface area contributed by atoms with Crippen LogP contribution in [0.5, 0.6) is 0 Å². The number of rotatable bonds is 5. The number of aliphatic hydroxyl groups is 1. The molecule has 1 aliphatic carbocycles. The molecule has 1 saturated carbocycles. The van der Waals surface area contributed by atoms with E-state index in [0.717, 1.165) is 49.9 Å². The summed E-state index contributed by atoms with van der Waals surface area (Å²) < 4.78 is 1.97. The van der Waals surface area contributed by atoms with E-state index in [4.69, 9.17) is 0 Å². The van der Waals surface area contributed by atoms with Gasteiger partial charge in [0.25, 0.3) is 0 Å². The third-order valence-corrected chi connectivity index (χ3v) is 4.86. The Morgan fingerprint density at radius 3 is 2.71 bits per heavy atom. The minimum Gasteiger partial charge on any atom is -0.389 e. The van der Waals surface area contributed by atoms with Crippen LogP contribution in [-0.4, -0.2) is 25.5 Å². The highest BCUT2D eigenvalue weighted by molar-refractivity contribution is 4.96. The lowest BCUT2D eigenvalue weighted by atomic mass is 9.87. The Balaban J connectivity index is 2.02. The third-order valence-electron chi connectivity index (χ3n) is 4.86. The second kappa shape index (κ2) is 6.91. The van der Waals surface area contributed by atoms with Gasteiger partial charge in [-0.2, -0.15) is 5.10 Å². The van der Waals surface area contributed by atoms with Gasteiger partial charge in [-0.1, -0.05) is 40.5 Å². The second-order valence-corrected chi connectivity index (χ2v) is 7.59.